The fraction of sp³-hybridized carbons (Fsp3) is 0.500. The van der Waals surface area contributed by atoms with Gasteiger partial charge in [0.05, 0.1) is 12.7 Å². The Balaban J connectivity index is 2.11. The first-order valence-corrected chi connectivity index (χ1v) is 7.67. The van der Waals surface area contributed by atoms with E-state index in [-0.39, 0.29) is 5.84 Å². The highest BCUT2D eigenvalue weighted by molar-refractivity contribution is 7.99. The monoisotopic (exact) mass is 279 g/mol. The van der Waals surface area contributed by atoms with Crippen molar-refractivity contribution in [2.24, 2.45) is 5.73 Å². The largest absolute Gasteiger partial charge is 0.496 e. The van der Waals surface area contributed by atoms with Crippen LogP contribution < -0.4 is 10.5 Å². The van der Waals surface area contributed by atoms with E-state index in [0.717, 1.165) is 19.6 Å². The molecule has 1 aromatic carbocycles. The lowest BCUT2D eigenvalue weighted by Gasteiger charge is -2.20. The van der Waals surface area contributed by atoms with E-state index < -0.39 is 0 Å². The van der Waals surface area contributed by atoms with Crippen LogP contribution in [-0.2, 0) is 6.54 Å². The van der Waals surface area contributed by atoms with E-state index in [1.54, 1.807) is 7.11 Å². The standard InChI is InChI=1S/C14H21N3OS/c1-18-13-4-3-11(9-12(13)14(15)16)10-17-5-2-7-19-8-6-17/h3-4,9H,2,5-8,10H2,1H3,(H3,15,16). The van der Waals surface area contributed by atoms with Crippen molar-refractivity contribution in [2.75, 3.05) is 31.7 Å². The Bertz CT molecular complexity index is 442. The Morgan fingerprint density at radius 1 is 1.42 bits per heavy atom. The van der Waals surface area contributed by atoms with Crippen LogP contribution in [0.15, 0.2) is 18.2 Å². The summed E-state index contributed by atoms with van der Waals surface area (Å²) in [5, 5.41) is 7.61. The molecule has 1 fully saturated rings. The maximum atomic E-state index is 7.61. The minimum absolute atomic E-state index is 0.0603. The third kappa shape index (κ3) is 3.88. The van der Waals surface area contributed by atoms with E-state index in [1.165, 1.54) is 23.5 Å². The van der Waals surface area contributed by atoms with E-state index in [2.05, 4.69) is 11.0 Å². The molecule has 0 aliphatic carbocycles. The fourth-order valence-corrected chi connectivity index (χ4v) is 3.20. The summed E-state index contributed by atoms with van der Waals surface area (Å²) in [4.78, 5) is 2.46. The topological polar surface area (TPSA) is 62.3 Å². The number of ether oxygens (including phenoxy) is 1. The van der Waals surface area contributed by atoms with Gasteiger partial charge in [-0.15, -0.1) is 0 Å². The van der Waals surface area contributed by atoms with Crippen molar-refractivity contribution in [1.29, 1.82) is 5.41 Å². The minimum Gasteiger partial charge on any atom is -0.496 e. The van der Waals surface area contributed by atoms with Gasteiger partial charge >= 0.3 is 0 Å². The number of amidine groups is 1. The molecule has 0 saturated carbocycles. The molecule has 0 atom stereocenters. The molecule has 4 nitrogen and oxygen atoms in total. The Morgan fingerprint density at radius 3 is 3.00 bits per heavy atom. The molecule has 0 spiro atoms. The van der Waals surface area contributed by atoms with Gasteiger partial charge in [0.2, 0.25) is 0 Å². The molecular weight excluding hydrogens is 258 g/mol. The first-order chi connectivity index (χ1) is 9.20. The molecule has 104 valence electrons. The van der Waals surface area contributed by atoms with Crippen LogP contribution in [0.4, 0.5) is 0 Å². The van der Waals surface area contributed by atoms with Crippen molar-refractivity contribution in [3.05, 3.63) is 29.3 Å². The number of hydrogen-bond donors (Lipinski definition) is 2. The molecule has 0 aromatic heterocycles. The summed E-state index contributed by atoms with van der Waals surface area (Å²) in [7, 11) is 1.60. The fourth-order valence-electron chi connectivity index (χ4n) is 2.28. The average molecular weight is 279 g/mol. The van der Waals surface area contributed by atoms with E-state index in [4.69, 9.17) is 15.9 Å². The normalized spacial score (nSPS) is 16.9. The lowest BCUT2D eigenvalue weighted by Crippen LogP contribution is -2.25. The smallest absolute Gasteiger partial charge is 0.129 e. The highest BCUT2D eigenvalue weighted by Gasteiger charge is 2.12. The number of nitrogens with one attached hydrogen (secondary N) is 1. The summed E-state index contributed by atoms with van der Waals surface area (Å²) in [5.41, 5.74) is 7.48. The van der Waals surface area contributed by atoms with Crippen LogP contribution in [0.3, 0.4) is 0 Å². The maximum Gasteiger partial charge on any atom is 0.129 e. The zero-order valence-corrected chi connectivity index (χ0v) is 12.1. The molecular formula is C14H21N3OS. The molecule has 5 heteroatoms. The number of rotatable bonds is 4. The van der Waals surface area contributed by atoms with Crippen LogP contribution in [0, 0.1) is 5.41 Å². The molecule has 1 aromatic rings. The number of nitrogens with two attached hydrogens (primary N) is 1. The quantitative estimate of drug-likeness (QED) is 0.653. The first kappa shape index (κ1) is 14.2. The second-order valence-electron chi connectivity index (χ2n) is 4.69. The first-order valence-electron chi connectivity index (χ1n) is 6.52. The van der Waals surface area contributed by atoms with Gasteiger partial charge in [0.15, 0.2) is 0 Å². The highest BCUT2D eigenvalue weighted by atomic mass is 32.2. The average Bonchev–Trinajstić information content (AvgIpc) is 2.67. The summed E-state index contributed by atoms with van der Waals surface area (Å²) < 4.78 is 5.23. The van der Waals surface area contributed by atoms with Crippen LogP contribution in [0.5, 0.6) is 5.75 Å². The van der Waals surface area contributed by atoms with Gasteiger partial charge in [-0.25, -0.2) is 0 Å². The zero-order chi connectivity index (χ0) is 13.7. The van der Waals surface area contributed by atoms with Crippen LogP contribution in [0.2, 0.25) is 0 Å². The molecule has 0 radical (unpaired) electrons. The molecule has 3 N–H and O–H groups in total. The van der Waals surface area contributed by atoms with Gasteiger partial charge in [0.1, 0.15) is 11.6 Å². The van der Waals surface area contributed by atoms with Crippen LogP contribution in [0.1, 0.15) is 17.5 Å². The zero-order valence-electron chi connectivity index (χ0n) is 11.3. The molecule has 0 amide bonds. The van der Waals surface area contributed by atoms with Crippen molar-refractivity contribution in [3.8, 4) is 5.75 Å². The van der Waals surface area contributed by atoms with E-state index in [9.17, 15) is 0 Å². The second kappa shape index (κ2) is 6.82. The third-order valence-corrected chi connectivity index (χ3v) is 4.32. The number of benzene rings is 1. The summed E-state index contributed by atoms with van der Waals surface area (Å²) in [6.45, 7) is 3.20. The van der Waals surface area contributed by atoms with Crippen molar-refractivity contribution in [2.45, 2.75) is 13.0 Å². The Hall–Kier alpha value is -1.20. The number of nitrogens with zero attached hydrogens (tertiary/aromatic N) is 1. The lowest BCUT2D eigenvalue weighted by molar-refractivity contribution is 0.287. The Morgan fingerprint density at radius 2 is 2.26 bits per heavy atom. The molecule has 0 unspecified atom stereocenters. The van der Waals surface area contributed by atoms with Crippen molar-refractivity contribution >= 4 is 17.6 Å². The van der Waals surface area contributed by atoms with Gasteiger partial charge in [-0.1, -0.05) is 6.07 Å². The summed E-state index contributed by atoms with van der Waals surface area (Å²) in [6.07, 6.45) is 1.25. The van der Waals surface area contributed by atoms with Crippen molar-refractivity contribution in [3.63, 3.8) is 0 Å². The van der Waals surface area contributed by atoms with Gasteiger partial charge < -0.3 is 10.5 Å². The summed E-state index contributed by atoms with van der Waals surface area (Å²) in [5.74, 6) is 3.20. The molecule has 19 heavy (non-hydrogen) atoms. The Kier molecular flexibility index (Phi) is 5.10. The van der Waals surface area contributed by atoms with Gasteiger partial charge in [0, 0.05) is 18.8 Å². The number of nitrogen functional groups attached to an aromatic ring is 1. The van der Waals surface area contributed by atoms with Gasteiger partial charge in [-0.2, -0.15) is 11.8 Å². The molecule has 1 aliphatic heterocycles. The second-order valence-corrected chi connectivity index (χ2v) is 5.92. The summed E-state index contributed by atoms with van der Waals surface area (Å²) in [6, 6.07) is 5.93. The minimum atomic E-state index is 0.0603. The summed E-state index contributed by atoms with van der Waals surface area (Å²) >= 11 is 2.03. The predicted molar refractivity (Wildman–Crippen MR) is 81.2 cm³/mol. The molecule has 0 bridgehead atoms. The molecule has 1 saturated heterocycles. The molecule has 1 aliphatic rings. The molecule has 2 rings (SSSR count). The van der Waals surface area contributed by atoms with Crippen LogP contribution in [-0.4, -0.2) is 42.4 Å². The number of methoxy groups -OCH3 is 1. The Labute approximate surface area is 118 Å². The number of hydrogen-bond acceptors (Lipinski definition) is 4. The van der Waals surface area contributed by atoms with Crippen molar-refractivity contribution < 1.29 is 4.74 Å². The van der Waals surface area contributed by atoms with Gasteiger partial charge in [-0.3, -0.25) is 10.3 Å². The molecule has 1 heterocycles. The van der Waals surface area contributed by atoms with Gasteiger partial charge in [-0.05, 0) is 36.4 Å². The number of thioether (sulfide) groups is 1. The SMILES string of the molecule is COc1ccc(CN2CCCSCC2)cc1C(=N)N. The van der Waals surface area contributed by atoms with Gasteiger partial charge in [0.25, 0.3) is 0 Å². The van der Waals surface area contributed by atoms with Crippen LogP contribution in [0.25, 0.3) is 0 Å². The predicted octanol–water partition coefficient (Wildman–Crippen LogP) is 1.92. The third-order valence-electron chi connectivity index (χ3n) is 3.28. The van der Waals surface area contributed by atoms with E-state index >= 15 is 0 Å². The lowest BCUT2D eigenvalue weighted by atomic mass is 10.1. The highest BCUT2D eigenvalue weighted by Crippen LogP contribution is 2.21. The van der Waals surface area contributed by atoms with E-state index in [0.29, 0.717) is 11.3 Å². The van der Waals surface area contributed by atoms with E-state index in [1.807, 2.05) is 23.9 Å². The maximum absolute atomic E-state index is 7.61. The van der Waals surface area contributed by atoms with Crippen molar-refractivity contribution in [1.82, 2.24) is 4.90 Å². The van der Waals surface area contributed by atoms with Crippen LogP contribution >= 0.6 is 11.8 Å².